The molecule has 8 heteroatoms. The second kappa shape index (κ2) is 7.83. The zero-order valence-electron chi connectivity index (χ0n) is 11.9. The summed E-state index contributed by atoms with van der Waals surface area (Å²) in [4.78, 5) is 39.1. The predicted octanol–water partition coefficient (Wildman–Crippen LogP) is 0.0573. The van der Waals surface area contributed by atoms with Crippen LogP contribution in [0.5, 0.6) is 0 Å². The third kappa shape index (κ3) is 5.47. The minimum atomic E-state index is -1.06. The lowest BCUT2D eigenvalue weighted by Gasteiger charge is -2.17. The van der Waals surface area contributed by atoms with Gasteiger partial charge in [-0.3, -0.25) is 9.78 Å². The zero-order chi connectivity index (χ0) is 15.8. The molecule has 3 N–H and O–H groups in total. The van der Waals surface area contributed by atoms with Crippen LogP contribution in [0, 0.1) is 0 Å². The first kappa shape index (κ1) is 16.4. The first-order valence-corrected chi connectivity index (χ1v) is 6.38. The van der Waals surface area contributed by atoms with E-state index in [2.05, 4.69) is 15.6 Å². The minimum absolute atomic E-state index is 0.0533. The third-order valence-corrected chi connectivity index (χ3v) is 2.59. The molecule has 0 unspecified atom stereocenters. The minimum Gasteiger partial charge on any atom is -0.478 e. The van der Waals surface area contributed by atoms with Gasteiger partial charge in [0.15, 0.2) is 0 Å². The van der Waals surface area contributed by atoms with Gasteiger partial charge in [-0.15, -0.1) is 0 Å². The van der Waals surface area contributed by atoms with Gasteiger partial charge in [-0.05, 0) is 19.1 Å². The van der Waals surface area contributed by atoms with Crippen LogP contribution in [-0.2, 0) is 11.3 Å². The van der Waals surface area contributed by atoms with E-state index in [4.69, 9.17) is 5.11 Å². The van der Waals surface area contributed by atoms with Crippen LogP contribution in [0.25, 0.3) is 0 Å². The highest BCUT2D eigenvalue weighted by Crippen LogP contribution is 2.01. The maximum absolute atomic E-state index is 11.8. The molecule has 8 nitrogen and oxygen atoms in total. The third-order valence-electron chi connectivity index (χ3n) is 2.59. The van der Waals surface area contributed by atoms with Crippen molar-refractivity contribution in [2.75, 3.05) is 20.1 Å². The molecular formula is C13H18N4O4. The van der Waals surface area contributed by atoms with Crippen LogP contribution in [0.2, 0.25) is 0 Å². The standard InChI is InChI=1S/C13H18N4O4/c1-3-14-11(18)8-17(2)13(21)16-7-10-6-9(12(19)20)4-5-15-10/h4-6H,3,7-8H2,1-2H3,(H,14,18)(H,16,21)(H,19,20). The van der Waals surface area contributed by atoms with Crippen LogP contribution in [0.1, 0.15) is 23.0 Å². The number of likely N-dealkylation sites (N-methyl/N-ethyl adjacent to an activating group) is 2. The van der Waals surface area contributed by atoms with E-state index in [0.717, 1.165) is 0 Å². The van der Waals surface area contributed by atoms with E-state index in [-0.39, 0.29) is 24.6 Å². The summed E-state index contributed by atoms with van der Waals surface area (Å²) in [6.07, 6.45) is 1.36. The van der Waals surface area contributed by atoms with Gasteiger partial charge in [-0.25, -0.2) is 9.59 Å². The summed E-state index contributed by atoms with van der Waals surface area (Å²) in [7, 11) is 1.49. The van der Waals surface area contributed by atoms with Gasteiger partial charge in [0, 0.05) is 19.8 Å². The fourth-order valence-corrected chi connectivity index (χ4v) is 1.55. The number of aromatic carboxylic acids is 1. The second-order valence-electron chi connectivity index (χ2n) is 4.31. The molecule has 21 heavy (non-hydrogen) atoms. The monoisotopic (exact) mass is 294 g/mol. The Hall–Kier alpha value is -2.64. The number of carboxylic acids is 1. The number of nitrogens with one attached hydrogen (secondary N) is 2. The molecule has 0 saturated carbocycles. The van der Waals surface area contributed by atoms with Gasteiger partial charge in [0.05, 0.1) is 17.8 Å². The molecule has 0 atom stereocenters. The lowest BCUT2D eigenvalue weighted by Crippen LogP contribution is -2.43. The SMILES string of the molecule is CCNC(=O)CN(C)C(=O)NCc1cc(C(=O)O)ccn1. The fraction of sp³-hybridized carbons (Fsp3) is 0.385. The van der Waals surface area contributed by atoms with E-state index in [1.165, 1.54) is 30.3 Å². The van der Waals surface area contributed by atoms with Gasteiger partial charge in [-0.1, -0.05) is 0 Å². The van der Waals surface area contributed by atoms with Crippen molar-refractivity contribution < 1.29 is 19.5 Å². The smallest absolute Gasteiger partial charge is 0.335 e. The summed E-state index contributed by atoms with van der Waals surface area (Å²) in [5, 5.41) is 14.0. The molecule has 1 aromatic rings. The Labute approximate surface area is 122 Å². The molecule has 0 bridgehead atoms. The summed E-state index contributed by atoms with van der Waals surface area (Å²) in [5.41, 5.74) is 0.527. The summed E-state index contributed by atoms with van der Waals surface area (Å²) in [6, 6.07) is 2.31. The van der Waals surface area contributed by atoms with Crippen molar-refractivity contribution >= 4 is 17.9 Å². The number of hydrogen-bond acceptors (Lipinski definition) is 4. The van der Waals surface area contributed by atoms with E-state index in [9.17, 15) is 14.4 Å². The average molecular weight is 294 g/mol. The maximum atomic E-state index is 11.8. The first-order chi connectivity index (χ1) is 9.93. The number of amides is 3. The summed E-state index contributed by atoms with van der Waals surface area (Å²) in [6.45, 7) is 2.32. The number of urea groups is 1. The van der Waals surface area contributed by atoms with Crippen LogP contribution in [0.3, 0.4) is 0 Å². The largest absolute Gasteiger partial charge is 0.478 e. The van der Waals surface area contributed by atoms with Gasteiger partial charge >= 0.3 is 12.0 Å². The van der Waals surface area contributed by atoms with E-state index >= 15 is 0 Å². The molecule has 1 rings (SSSR count). The van der Waals surface area contributed by atoms with Gasteiger partial charge in [0.25, 0.3) is 0 Å². The Morgan fingerprint density at radius 2 is 2.05 bits per heavy atom. The first-order valence-electron chi connectivity index (χ1n) is 6.38. The topological polar surface area (TPSA) is 112 Å². The molecule has 0 saturated heterocycles. The molecule has 0 radical (unpaired) electrons. The zero-order valence-corrected chi connectivity index (χ0v) is 11.9. The van der Waals surface area contributed by atoms with Crippen molar-refractivity contribution in [1.29, 1.82) is 0 Å². The van der Waals surface area contributed by atoms with Gasteiger partial charge in [0.1, 0.15) is 6.54 Å². The number of hydrogen-bond donors (Lipinski definition) is 3. The average Bonchev–Trinajstić information content (AvgIpc) is 2.45. The van der Waals surface area contributed by atoms with Gasteiger partial charge < -0.3 is 20.6 Å². The summed E-state index contributed by atoms with van der Waals surface area (Å²) in [5.74, 6) is -1.31. The highest BCUT2D eigenvalue weighted by molar-refractivity contribution is 5.87. The van der Waals surface area contributed by atoms with Crippen LogP contribution in [0.15, 0.2) is 18.3 Å². The van der Waals surface area contributed by atoms with Crippen LogP contribution < -0.4 is 10.6 Å². The molecule has 0 fully saturated rings. The number of carboxylic acid groups (broad SMARTS) is 1. The predicted molar refractivity (Wildman–Crippen MR) is 74.7 cm³/mol. The van der Waals surface area contributed by atoms with Gasteiger partial charge in [0.2, 0.25) is 5.91 Å². The Morgan fingerprint density at radius 1 is 1.33 bits per heavy atom. The second-order valence-corrected chi connectivity index (χ2v) is 4.31. The molecule has 1 aromatic heterocycles. The summed E-state index contributed by atoms with van der Waals surface area (Å²) >= 11 is 0. The molecule has 0 aliphatic rings. The van der Waals surface area contributed by atoms with Crippen molar-refractivity contribution in [3.63, 3.8) is 0 Å². The van der Waals surface area contributed by atoms with Crippen LogP contribution in [-0.4, -0.2) is 53.0 Å². The van der Waals surface area contributed by atoms with E-state index < -0.39 is 12.0 Å². The van der Waals surface area contributed by atoms with Crippen molar-refractivity contribution in [2.45, 2.75) is 13.5 Å². The molecule has 3 amide bonds. The number of aromatic nitrogens is 1. The Balaban J connectivity index is 2.50. The molecule has 0 aromatic carbocycles. The summed E-state index contributed by atoms with van der Waals surface area (Å²) < 4.78 is 0. The normalized spacial score (nSPS) is 9.81. The Bertz CT molecular complexity index is 533. The van der Waals surface area contributed by atoms with E-state index in [1.54, 1.807) is 6.92 Å². The highest BCUT2D eigenvalue weighted by Gasteiger charge is 2.12. The van der Waals surface area contributed by atoms with Crippen molar-refractivity contribution in [2.24, 2.45) is 0 Å². The molecule has 1 heterocycles. The number of pyridine rings is 1. The van der Waals surface area contributed by atoms with E-state index in [1.807, 2.05) is 0 Å². The molecule has 0 aliphatic carbocycles. The maximum Gasteiger partial charge on any atom is 0.335 e. The fourth-order valence-electron chi connectivity index (χ4n) is 1.55. The molecular weight excluding hydrogens is 276 g/mol. The van der Waals surface area contributed by atoms with Crippen molar-refractivity contribution in [3.05, 3.63) is 29.6 Å². The Morgan fingerprint density at radius 3 is 2.67 bits per heavy atom. The highest BCUT2D eigenvalue weighted by atomic mass is 16.4. The number of carbonyl (C=O) groups excluding carboxylic acids is 2. The molecule has 0 aliphatic heterocycles. The Kier molecular flexibility index (Phi) is 6.12. The van der Waals surface area contributed by atoms with Crippen molar-refractivity contribution in [3.8, 4) is 0 Å². The van der Waals surface area contributed by atoms with Gasteiger partial charge in [-0.2, -0.15) is 0 Å². The molecule has 114 valence electrons. The molecule has 0 spiro atoms. The van der Waals surface area contributed by atoms with Crippen LogP contribution >= 0.6 is 0 Å². The lowest BCUT2D eigenvalue weighted by molar-refractivity contribution is -0.121. The number of carbonyl (C=O) groups is 3. The lowest BCUT2D eigenvalue weighted by atomic mass is 10.2. The number of nitrogens with zero attached hydrogens (tertiary/aromatic N) is 2. The van der Waals surface area contributed by atoms with Crippen LogP contribution in [0.4, 0.5) is 4.79 Å². The van der Waals surface area contributed by atoms with Crippen molar-refractivity contribution in [1.82, 2.24) is 20.5 Å². The van der Waals surface area contributed by atoms with E-state index in [0.29, 0.717) is 12.2 Å². The quantitative estimate of drug-likeness (QED) is 0.686. The number of rotatable bonds is 6.